The van der Waals surface area contributed by atoms with Crippen molar-refractivity contribution in [3.63, 3.8) is 0 Å². The molecule has 3 rings (SSSR count). The summed E-state index contributed by atoms with van der Waals surface area (Å²) >= 11 is 0. The Balaban J connectivity index is 2.06. The number of nitrogens with one attached hydrogen (secondary N) is 1. The first-order valence-corrected chi connectivity index (χ1v) is 6.80. The molecule has 21 heavy (non-hydrogen) atoms. The summed E-state index contributed by atoms with van der Waals surface area (Å²) in [6, 6.07) is 10.0. The van der Waals surface area contributed by atoms with Gasteiger partial charge in [0, 0.05) is 11.6 Å². The number of fused-ring (bicyclic) bond motifs is 1. The number of rotatable bonds is 1. The predicted octanol–water partition coefficient (Wildman–Crippen LogP) is 4.81. The van der Waals surface area contributed by atoms with Crippen LogP contribution >= 0.6 is 0 Å². The average Bonchev–Trinajstić information content (AvgIpc) is 2.82. The number of imidazole rings is 1. The molecule has 3 aromatic rings. The number of hydrogen-bond donors (Lipinski definition) is 1. The molecule has 0 fully saturated rings. The van der Waals surface area contributed by atoms with Crippen LogP contribution in [-0.2, 0) is 5.41 Å². The van der Waals surface area contributed by atoms with Gasteiger partial charge in [-0.3, -0.25) is 0 Å². The van der Waals surface area contributed by atoms with Gasteiger partial charge in [0.15, 0.2) is 5.82 Å². The lowest BCUT2D eigenvalue weighted by Crippen LogP contribution is -2.10. The van der Waals surface area contributed by atoms with Crippen molar-refractivity contribution in [2.24, 2.45) is 0 Å². The van der Waals surface area contributed by atoms with Gasteiger partial charge in [0.2, 0.25) is 0 Å². The Morgan fingerprint density at radius 1 is 1.00 bits per heavy atom. The third-order valence-electron chi connectivity index (χ3n) is 3.53. The second kappa shape index (κ2) is 4.65. The maximum Gasteiger partial charge on any atom is 0.153 e. The van der Waals surface area contributed by atoms with Gasteiger partial charge in [-0.2, -0.15) is 0 Å². The largest absolute Gasteiger partial charge is 0.338 e. The minimum Gasteiger partial charge on any atom is -0.338 e. The van der Waals surface area contributed by atoms with Crippen molar-refractivity contribution in [3.8, 4) is 11.4 Å². The normalized spacial score (nSPS) is 12.0. The molecule has 0 bridgehead atoms. The quantitative estimate of drug-likeness (QED) is 0.683. The van der Waals surface area contributed by atoms with Gasteiger partial charge in [-0.1, -0.05) is 45.0 Å². The molecule has 0 atom stereocenters. The maximum atomic E-state index is 13.7. The molecule has 0 amide bonds. The van der Waals surface area contributed by atoms with Crippen LogP contribution in [0.25, 0.3) is 22.4 Å². The molecule has 1 heterocycles. The van der Waals surface area contributed by atoms with Crippen LogP contribution in [0.4, 0.5) is 8.78 Å². The van der Waals surface area contributed by atoms with Gasteiger partial charge >= 0.3 is 0 Å². The van der Waals surface area contributed by atoms with E-state index in [1.807, 2.05) is 24.3 Å². The first kappa shape index (κ1) is 13.7. The summed E-state index contributed by atoms with van der Waals surface area (Å²) in [5, 5.41) is 0. The van der Waals surface area contributed by atoms with Gasteiger partial charge < -0.3 is 4.98 Å². The highest BCUT2D eigenvalue weighted by atomic mass is 19.1. The molecule has 0 aliphatic heterocycles. The molecule has 1 N–H and O–H groups in total. The van der Waals surface area contributed by atoms with Crippen LogP contribution in [0, 0.1) is 11.6 Å². The van der Waals surface area contributed by atoms with Crippen LogP contribution in [0.1, 0.15) is 26.3 Å². The lowest BCUT2D eigenvalue weighted by atomic mass is 9.87. The fourth-order valence-corrected chi connectivity index (χ4v) is 2.31. The molecular weight excluding hydrogens is 270 g/mol. The molecule has 2 aromatic carbocycles. The second-order valence-electron chi connectivity index (χ2n) is 6.20. The highest BCUT2D eigenvalue weighted by molar-refractivity contribution is 5.80. The van der Waals surface area contributed by atoms with Gasteiger partial charge in [0.25, 0.3) is 0 Å². The molecule has 0 spiro atoms. The van der Waals surface area contributed by atoms with Crippen molar-refractivity contribution in [1.82, 2.24) is 9.97 Å². The van der Waals surface area contributed by atoms with Gasteiger partial charge in [-0.25, -0.2) is 13.8 Å². The Hall–Kier alpha value is -2.23. The molecule has 0 radical (unpaired) electrons. The summed E-state index contributed by atoms with van der Waals surface area (Å²) in [6.07, 6.45) is 0. The zero-order chi connectivity index (χ0) is 15.2. The van der Waals surface area contributed by atoms with Crippen LogP contribution < -0.4 is 0 Å². The molecule has 0 unspecified atom stereocenters. The third-order valence-corrected chi connectivity index (χ3v) is 3.53. The van der Waals surface area contributed by atoms with Crippen molar-refractivity contribution in [2.75, 3.05) is 0 Å². The number of aromatic nitrogens is 2. The topological polar surface area (TPSA) is 28.7 Å². The van der Waals surface area contributed by atoms with Gasteiger partial charge in [-0.05, 0) is 17.0 Å². The number of halogens is 2. The summed E-state index contributed by atoms with van der Waals surface area (Å²) in [6.45, 7) is 6.42. The summed E-state index contributed by atoms with van der Waals surface area (Å²) in [7, 11) is 0. The van der Waals surface area contributed by atoms with E-state index in [1.165, 1.54) is 11.6 Å². The van der Waals surface area contributed by atoms with Crippen molar-refractivity contribution < 1.29 is 8.78 Å². The zero-order valence-corrected chi connectivity index (χ0v) is 12.2. The van der Waals surface area contributed by atoms with E-state index in [2.05, 4.69) is 30.7 Å². The first-order chi connectivity index (χ1) is 9.84. The molecular formula is C17H16F2N2. The van der Waals surface area contributed by atoms with Crippen LogP contribution in [0.5, 0.6) is 0 Å². The predicted molar refractivity (Wildman–Crippen MR) is 80.1 cm³/mol. The molecule has 0 saturated heterocycles. The molecule has 108 valence electrons. The Morgan fingerprint density at radius 2 is 1.67 bits per heavy atom. The Morgan fingerprint density at radius 3 is 2.29 bits per heavy atom. The number of hydrogen-bond acceptors (Lipinski definition) is 1. The molecule has 2 nitrogen and oxygen atoms in total. The SMILES string of the molecule is CC(C)(C)c1ccc(-c2nc3c(F)cc(F)cc3[nH]2)cc1. The average molecular weight is 286 g/mol. The fourth-order valence-electron chi connectivity index (χ4n) is 2.31. The highest BCUT2D eigenvalue weighted by Gasteiger charge is 2.15. The molecule has 1 aromatic heterocycles. The number of aromatic amines is 1. The number of benzene rings is 2. The van der Waals surface area contributed by atoms with Crippen LogP contribution in [-0.4, -0.2) is 9.97 Å². The van der Waals surface area contributed by atoms with Crippen molar-refractivity contribution in [2.45, 2.75) is 26.2 Å². The smallest absolute Gasteiger partial charge is 0.153 e. The van der Waals surface area contributed by atoms with Crippen molar-refractivity contribution >= 4 is 11.0 Å². The van der Waals surface area contributed by atoms with E-state index in [9.17, 15) is 8.78 Å². The summed E-state index contributed by atoms with van der Waals surface area (Å²) in [5.74, 6) is -0.730. The monoisotopic (exact) mass is 286 g/mol. The standard InChI is InChI=1S/C17H16F2N2/c1-17(2,3)11-6-4-10(5-7-11)16-20-14-9-12(18)8-13(19)15(14)21-16/h4-9H,1-3H3,(H,20,21). The van der Waals surface area contributed by atoms with Gasteiger partial charge in [-0.15, -0.1) is 0 Å². The molecule has 4 heteroatoms. The first-order valence-electron chi connectivity index (χ1n) is 6.80. The lowest BCUT2D eigenvalue weighted by molar-refractivity contribution is 0.590. The van der Waals surface area contributed by atoms with Crippen LogP contribution in [0.3, 0.4) is 0 Å². The Bertz CT molecular complexity index is 796. The number of H-pyrrole nitrogens is 1. The minimum absolute atomic E-state index is 0.0711. The van der Waals surface area contributed by atoms with E-state index in [4.69, 9.17) is 0 Å². The van der Waals surface area contributed by atoms with Crippen LogP contribution in [0.15, 0.2) is 36.4 Å². The summed E-state index contributed by atoms with van der Waals surface area (Å²) in [5.41, 5.74) is 2.65. The van der Waals surface area contributed by atoms with Crippen molar-refractivity contribution in [1.29, 1.82) is 0 Å². The van der Waals surface area contributed by atoms with Gasteiger partial charge in [0.1, 0.15) is 17.2 Å². The maximum absolute atomic E-state index is 13.7. The zero-order valence-electron chi connectivity index (χ0n) is 12.2. The second-order valence-corrected chi connectivity index (χ2v) is 6.20. The molecule has 0 aliphatic rings. The lowest BCUT2D eigenvalue weighted by Gasteiger charge is -2.18. The summed E-state index contributed by atoms with van der Waals surface area (Å²) < 4.78 is 26.9. The minimum atomic E-state index is -0.654. The third kappa shape index (κ3) is 2.53. The van der Waals surface area contributed by atoms with Crippen molar-refractivity contribution in [3.05, 3.63) is 53.6 Å². The van der Waals surface area contributed by atoms with Crippen LogP contribution in [0.2, 0.25) is 0 Å². The molecule has 0 aliphatic carbocycles. The fraction of sp³-hybridized carbons (Fsp3) is 0.235. The van der Waals surface area contributed by atoms with E-state index in [0.717, 1.165) is 11.6 Å². The van der Waals surface area contributed by atoms with E-state index in [0.29, 0.717) is 11.3 Å². The van der Waals surface area contributed by atoms with E-state index in [-0.39, 0.29) is 10.9 Å². The Labute approximate surface area is 121 Å². The summed E-state index contributed by atoms with van der Waals surface area (Å²) in [4.78, 5) is 7.18. The van der Waals surface area contributed by atoms with E-state index >= 15 is 0 Å². The molecule has 0 saturated carbocycles. The van der Waals surface area contributed by atoms with E-state index in [1.54, 1.807) is 0 Å². The number of nitrogens with zero attached hydrogens (tertiary/aromatic N) is 1. The Kier molecular flexibility index (Phi) is 3.04. The van der Waals surface area contributed by atoms with Gasteiger partial charge in [0.05, 0.1) is 5.52 Å². The highest BCUT2D eigenvalue weighted by Crippen LogP contribution is 2.27. The van der Waals surface area contributed by atoms with E-state index < -0.39 is 11.6 Å².